The van der Waals surface area contributed by atoms with Crippen molar-refractivity contribution in [2.45, 2.75) is 57.6 Å². The first-order valence-corrected chi connectivity index (χ1v) is 8.24. The molecule has 0 radical (unpaired) electrons. The van der Waals surface area contributed by atoms with E-state index in [0.29, 0.717) is 6.04 Å². The van der Waals surface area contributed by atoms with Gasteiger partial charge >= 0.3 is 0 Å². The Kier molecular flexibility index (Phi) is 4.34. The SMILES string of the molecule is CC1(C)CC(Nc2ccc(N3CCCCC3)nc2)CCO1. The molecule has 2 saturated heterocycles. The van der Waals surface area contributed by atoms with Crippen LogP contribution in [0.2, 0.25) is 0 Å². The van der Waals surface area contributed by atoms with E-state index in [0.717, 1.165) is 44.0 Å². The maximum absolute atomic E-state index is 5.77. The predicted molar refractivity (Wildman–Crippen MR) is 87.0 cm³/mol. The summed E-state index contributed by atoms with van der Waals surface area (Å²) in [7, 11) is 0. The Morgan fingerprint density at radius 1 is 1.24 bits per heavy atom. The summed E-state index contributed by atoms with van der Waals surface area (Å²) in [4.78, 5) is 7.03. The lowest BCUT2D eigenvalue weighted by Gasteiger charge is -2.36. The van der Waals surface area contributed by atoms with Crippen molar-refractivity contribution in [1.29, 1.82) is 0 Å². The predicted octanol–water partition coefficient (Wildman–Crippen LogP) is 3.44. The lowest BCUT2D eigenvalue weighted by molar-refractivity contribution is -0.0553. The number of anilines is 2. The van der Waals surface area contributed by atoms with Gasteiger partial charge in [-0.05, 0) is 58.1 Å². The Morgan fingerprint density at radius 3 is 2.71 bits per heavy atom. The molecule has 1 aromatic rings. The van der Waals surface area contributed by atoms with E-state index in [9.17, 15) is 0 Å². The molecule has 4 nitrogen and oxygen atoms in total. The van der Waals surface area contributed by atoms with Crippen molar-refractivity contribution in [2.24, 2.45) is 0 Å². The molecule has 0 bridgehead atoms. The van der Waals surface area contributed by atoms with Crippen molar-refractivity contribution in [3.63, 3.8) is 0 Å². The second-order valence-corrected chi connectivity index (χ2v) is 6.89. The van der Waals surface area contributed by atoms with Gasteiger partial charge in [0.2, 0.25) is 0 Å². The fraction of sp³-hybridized carbons (Fsp3) is 0.706. The first kappa shape index (κ1) is 14.6. The lowest BCUT2D eigenvalue weighted by Crippen LogP contribution is -2.40. The molecule has 0 aromatic carbocycles. The van der Waals surface area contributed by atoms with Crippen molar-refractivity contribution in [1.82, 2.24) is 4.98 Å². The minimum absolute atomic E-state index is 0.0168. The van der Waals surface area contributed by atoms with E-state index >= 15 is 0 Å². The van der Waals surface area contributed by atoms with Gasteiger partial charge in [0.05, 0.1) is 17.5 Å². The fourth-order valence-electron chi connectivity index (χ4n) is 3.37. The van der Waals surface area contributed by atoms with Gasteiger partial charge in [-0.25, -0.2) is 4.98 Å². The third-order valence-corrected chi connectivity index (χ3v) is 4.50. The van der Waals surface area contributed by atoms with Gasteiger partial charge in [-0.1, -0.05) is 0 Å². The molecule has 3 heterocycles. The number of nitrogens with zero attached hydrogens (tertiary/aromatic N) is 2. The van der Waals surface area contributed by atoms with Crippen LogP contribution >= 0.6 is 0 Å². The van der Waals surface area contributed by atoms with Crippen molar-refractivity contribution >= 4 is 11.5 Å². The van der Waals surface area contributed by atoms with Gasteiger partial charge < -0.3 is 15.0 Å². The number of hydrogen-bond acceptors (Lipinski definition) is 4. The molecule has 1 unspecified atom stereocenters. The summed E-state index contributed by atoms with van der Waals surface area (Å²) in [5, 5.41) is 3.61. The highest BCUT2D eigenvalue weighted by molar-refractivity contribution is 5.49. The Bertz CT molecular complexity index is 452. The molecule has 0 spiro atoms. The molecule has 116 valence electrons. The smallest absolute Gasteiger partial charge is 0.128 e. The van der Waals surface area contributed by atoms with Crippen LogP contribution in [-0.2, 0) is 4.74 Å². The molecule has 0 amide bonds. The number of nitrogens with one attached hydrogen (secondary N) is 1. The third kappa shape index (κ3) is 3.88. The van der Waals surface area contributed by atoms with Crippen molar-refractivity contribution in [2.75, 3.05) is 29.9 Å². The quantitative estimate of drug-likeness (QED) is 0.925. The molecule has 0 saturated carbocycles. The first-order valence-electron chi connectivity index (χ1n) is 8.24. The van der Waals surface area contributed by atoms with Crippen molar-refractivity contribution in [3.05, 3.63) is 18.3 Å². The summed E-state index contributed by atoms with van der Waals surface area (Å²) in [6.45, 7) is 7.46. The van der Waals surface area contributed by atoms with E-state index in [1.54, 1.807) is 0 Å². The zero-order valence-electron chi connectivity index (χ0n) is 13.3. The number of pyridine rings is 1. The highest BCUT2D eigenvalue weighted by Gasteiger charge is 2.28. The number of piperidine rings is 1. The largest absolute Gasteiger partial charge is 0.381 e. The Hall–Kier alpha value is -1.29. The zero-order chi connectivity index (χ0) is 14.7. The molecule has 21 heavy (non-hydrogen) atoms. The molecule has 0 aliphatic carbocycles. The van der Waals surface area contributed by atoms with Crippen molar-refractivity contribution in [3.8, 4) is 0 Å². The topological polar surface area (TPSA) is 37.4 Å². The monoisotopic (exact) mass is 289 g/mol. The van der Waals surface area contributed by atoms with E-state index in [1.165, 1.54) is 19.3 Å². The van der Waals surface area contributed by atoms with Gasteiger partial charge in [0.15, 0.2) is 0 Å². The van der Waals surface area contributed by atoms with Crippen LogP contribution in [0.3, 0.4) is 0 Å². The highest BCUT2D eigenvalue weighted by atomic mass is 16.5. The average molecular weight is 289 g/mol. The number of rotatable bonds is 3. The van der Waals surface area contributed by atoms with Crippen LogP contribution in [0, 0.1) is 0 Å². The zero-order valence-corrected chi connectivity index (χ0v) is 13.3. The third-order valence-electron chi connectivity index (χ3n) is 4.50. The van der Waals surface area contributed by atoms with Gasteiger partial charge in [-0.15, -0.1) is 0 Å². The summed E-state index contributed by atoms with van der Waals surface area (Å²) in [5.41, 5.74) is 1.11. The highest BCUT2D eigenvalue weighted by Crippen LogP contribution is 2.27. The van der Waals surface area contributed by atoms with Gasteiger partial charge in [-0.3, -0.25) is 0 Å². The first-order chi connectivity index (χ1) is 10.1. The van der Waals surface area contributed by atoms with E-state index in [1.807, 2.05) is 6.20 Å². The number of hydrogen-bond donors (Lipinski definition) is 1. The normalized spacial score (nSPS) is 25.6. The molecular formula is C17H27N3O. The second-order valence-electron chi connectivity index (χ2n) is 6.89. The Balaban J connectivity index is 1.59. The number of ether oxygens (including phenoxy) is 1. The maximum atomic E-state index is 5.77. The van der Waals surface area contributed by atoms with Crippen LogP contribution in [-0.4, -0.2) is 36.3 Å². The molecule has 2 fully saturated rings. The molecule has 4 heteroatoms. The van der Waals surface area contributed by atoms with E-state index in [4.69, 9.17) is 4.74 Å². The fourth-order valence-corrected chi connectivity index (χ4v) is 3.37. The summed E-state index contributed by atoms with van der Waals surface area (Å²) < 4.78 is 5.77. The number of aromatic nitrogens is 1. The van der Waals surface area contributed by atoms with Crippen LogP contribution in [0.25, 0.3) is 0 Å². The molecule has 1 aromatic heterocycles. The maximum Gasteiger partial charge on any atom is 0.128 e. The van der Waals surface area contributed by atoms with Gasteiger partial charge in [0, 0.05) is 25.7 Å². The van der Waals surface area contributed by atoms with Gasteiger partial charge in [0.1, 0.15) is 5.82 Å². The van der Waals surface area contributed by atoms with Crippen molar-refractivity contribution < 1.29 is 4.74 Å². The Labute approximate surface area is 127 Å². The molecule has 3 rings (SSSR count). The molecule has 2 aliphatic rings. The van der Waals surface area contributed by atoms with Crippen LogP contribution in [0.15, 0.2) is 18.3 Å². The molecule has 1 atom stereocenters. The average Bonchev–Trinajstić information content (AvgIpc) is 2.48. The lowest BCUT2D eigenvalue weighted by atomic mass is 9.94. The summed E-state index contributed by atoms with van der Waals surface area (Å²) in [5.74, 6) is 1.12. The van der Waals surface area contributed by atoms with Gasteiger partial charge in [0.25, 0.3) is 0 Å². The van der Waals surface area contributed by atoms with Crippen LogP contribution in [0.4, 0.5) is 11.5 Å². The molecule has 2 aliphatic heterocycles. The Morgan fingerprint density at radius 2 is 2.05 bits per heavy atom. The van der Waals surface area contributed by atoms with E-state index in [2.05, 4.69) is 41.2 Å². The summed E-state index contributed by atoms with van der Waals surface area (Å²) in [6.07, 6.45) is 8.03. The minimum atomic E-state index is -0.0168. The van der Waals surface area contributed by atoms with E-state index < -0.39 is 0 Å². The summed E-state index contributed by atoms with van der Waals surface area (Å²) in [6, 6.07) is 4.80. The minimum Gasteiger partial charge on any atom is -0.381 e. The second kappa shape index (κ2) is 6.22. The van der Waals surface area contributed by atoms with Crippen LogP contribution in [0.1, 0.15) is 46.0 Å². The summed E-state index contributed by atoms with van der Waals surface area (Å²) >= 11 is 0. The molecular weight excluding hydrogens is 262 g/mol. The van der Waals surface area contributed by atoms with E-state index in [-0.39, 0.29) is 5.60 Å². The van der Waals surface area contributed by atoms with Crippen LogP contribution < -0.4 is 10.2 Å². The standard InChI is InChI=1S/C17H27N3O/c1-17(2)12-14(8-11-21-17)19-15-6-7-16(18-13-15)20-9-4-3-5-10-20/h6-7,13-14,19H,3-5,8-12H2,1-2H3. The van der Waals surface area contributed by atoms with Gasteiger partial charge in [-0.2, -0.15) is 0 Å². The van der Waals surface area contributed by atoms with Crippen LogP contribution in [0.5, 0.6) is 0 Å². The molecule has 1 N–H and O–H groups in total.